The second-order valence-electron chi connectivity index (χ2n) is 6.35. The quantitative estimate of drug-likeness (QED) is 0.942. The summed E-state index contributed by atoms with van der Waals surface area (Å²) in [6.45, 7) is 7.73. The van der Waals surface area contributed by atoms with Crippen LogP contribution in [-0.4, -0.2) is 52.2 Å². The highest BCUT2D eigenvalue weighted by Gasteiger charge is 2.20. The summed E-state index contributed by atoms with van der Waals surface area (Å²) < 4.78 is 0. The van der Waals surface area contributed by atoms with Gasteiger partial charge in [0.05, 0.1) is 5.69 Å². The van der Waals surface area contributed by atoms with Gasteiger partial charge < -0.3 is 10.0 Å². The van der Waals surface area contributed by atoms with E-state index in [1.807, 2.05) is 25.1 Å². The zero-order chi connectivity index (χ0) is 17.1. The molecule has 1 aliphatic rings. The van der Waals surface area contributed by atoms with E-state index in [2.05, 4.69) is 35.0 Å². The van der Waals surface area contributed by atoms with Crippen molar-refractivity contribution in [3.05, 3.63) is 53.2 Å². The smallest absolute Gasteiger partial charge is 0.407 e. The van der Waals surface area contributed by atoms with Crippen molar-refractivity contribution in [1.29, 1.82) is 0 Å². The van der Waals surface area contributed by atoms with Gasteiger partial charge in [-0.05, 0) is 43.2 Å². The zero-order valence-electron chi connectivity index (χ0n) is 14.2. The molecule has 5 heteroatoms. The van der Waals surface area contributed by atoms with Crippen molar-refractivity contribution < 1.29 is 9.90 Å². The van der Waals surface area contributed by atoms with Crippen LogP contribution in [0.4, 0.5) is 4.79 Å². The van der Waals surface area contributed by atoms with Gasteiger partial charge in [-0.3, -0.25) is 9.88 Å². The average Bonchev–Trinajstić information content (AvgIpc) is 2.57. The summed E-state index contributed by atoms with van der Waals surface area (Å²) in [6, 6.07) is 12.5. The molecular weight excluding hydrogens is 302 g/mol. The molecule has 0 saturated carbocycles. The molecule has 1 saturated heterocycles. The minimum atomic E-state index is -0.819. The van der Waals surface area contributed by atoms with Crippen molar-refractivity contribution in [1.82, 2.24) is 14.8 Å². The average molecular weight is 325 g/mol. The Labute approximate surface area is 142 Å². The lowest BCUT2D eigenvalue weighted by molar-refractivity contribution is 0.103. The Morgan fingerprint density at radius 2 is 1.88 bits per heavy atom. The third kappa shape index (κ3) is 3.74. The van der Waals surface area contributed by atoms with Crippen molar-refractivity contribution in [2.75, 3.05) is 26.2 Å². The molecule has 3 rings (SSSR count). The third-order valence-electron chi connectivity index (χ3n) is 4.56. The molecule has 2 heterocycles. The van der Waals surface area contributed by atoms with Crippen molar-refractivity contribution in [2.24, 2.45) is 0 Å². The van der Waals surface area contributed by atoms with Crippen LogP contribution in [0.1, 0.15) is 16.8 Å². The predicted octanol–water partition coefficient (Wildman–Crippen LogP) is 3.16. The number of aromatic nitrogens is 1. The largest absolute Gasteiger partial charge is 0.465 e. The molecule has 0 bridgehead atoms. The zero-order valence-corrected chi connectivity index (χ0v) is 14.2. The van der Waals surface area contributed by atoms with Gasteiger partial charge >= 0.3 is 6.09 Å². The Kier molecular flexibility index (Phi) is 4.81. The second kappa shape index (κ2) is 7.01. The van der Waals surface area contributed by atoms with Gasteiger partial charge in [-0.25, -0.2) is 4.79 Å². The second-order valence-corrected chi connectivity index (χ2v) is 6.35. The molecule has 0 unspecified atom stereocenters. The summed E-state index contributed by atoms with van der Waals surface area (Å²) in [5, 5.41) is 9.02. The fourth-order valence-electron chi connectivity index (χ4n) is 3.07. The standard InChI is InChI=1S/C19H23N3O2/c1-14-12-16(18-5-3-4-15(2)20-18)6-7-17(14)13-21-8-10-22(11-9-21)19(23)24/h3-7,12H,8-11,13H2,1-2H3,(H,23,24). The maximum absolute atomic E-state index is 11.0. The van der Waals surface area contributed by atoms with Crippen molar-refractivity contribution >= 4 is 6.09 Å². The summed E-state index contributed by atoms with van der Waals surface area (Å²) >= 11 is 0. The summed E-state index contributed by atoms with van der Waals surface area (Å²) in [4.78, 5) is 19.3. The number of hydrogen-bond donors (Lipinski definition) is 1. The van der Waals surface area contributed by atoms with Gasteiger partial charge in [0.15, 0.2) is 0 Å². The molecule has 1 aromatic heterocycles. The van der Waals surface area contributed by atoms with E-state index in [4.69, 9.17) is 5.11 Å². The summed E-state index contributed by atoms with van der Waals surface area (Å²) in [7, 11) is 0. The molecular formula is C19H23N3O2. The number of hydrogen-bond acceptors (Lipinski definition) is 3. The van der Waals surface area contributed by atoms with E-state index in [0.717, 1.165) is 36.6 Å². The van der Waals surface area contributed by atoms with Crippen LogP contribution >= 0.6 is 0 Å². The number of aryl methyl sites for hydroxylation is 2. The van der Waals surface area contributed by atoms with Crippen LogP contribution in [0.25, 0.3) is 11.3 Å². The van der Waals surface area contributed by atoms with E-state index in [9.17, 15) is 4.79 Å². The normalized spacial score (nSPS) is 15.5. The monoisotopic (exact) mass is 325 g/mol. The van der Waals surface area contributed by atoms with Gasteiger partial charge in [0.25, 0.3) is 0 Å². The molecule has 0 radical (unpaired) electrons. The van der Waals surface area contributed by atoms with Crippen LogP contribution in [0.15, 0.2) is 36.4 Å². The van der Waals surface area contributed by atoms with Gasteiger partial charge in [0, 0.05) is 44.0 Å². The number of rotatable bonds is 3. The number of carbonyl (C=O) groups is 1. The molecule has 126 valence electrons. The fraction of sp³-hybridized carbons (Fsp3) is 0.368. The van der Waals surface area contributed by atoms with Crippen LogP contribution in [0.5, 0.6) is 0 Å². The van der Waals surface area contributed by atoms with Crippen LogP contribution in [-0.2, 0) is 6.54 Å². The van der Waals surface area contributed by atoms with E-state index in [1.165, 1.54) is 16.0 Å². The minimum absolute atomic E-state index is 0.583. The lowest BCUT2D eigenvalue weighted by atomic mass is 10.0. The number of benzene rings is 1. The molecule has 1 fully saturated rings. The lowest BCUT2D eigenvalue weighted by Gasteiger charge is -2.33. The van der Waals surface area contributed by atoms with Gasteiger partial charge in [-0.1, -0.05) is 18.2 Å². The molecule has 1 aromatic carbocycles. The van der Waals surface area contributed by atoms with Crippen molar-refractivity contribution in [2.45, 2.75) is 20.4 Å². The van der Waals surface area contributed by atoms with E-state index in [1.54, 1.807) is 0 Å². The topological polar surface area (TPSA) is 56.7 Å². The maximum Gasteiger partial charge on any atom is 0.407 e. The van der Waals surface area contributed by atoms with Crippen LogP contribution < -0.4 is 0 Å². The van der Waals surface area contributed by atoms with Gasteiger partial charge in [0.1, 0.15) is 0 Å². The van der Waals surface area contributed by atoms with Crippen LogP contribution in [0.2, 0.25) is 0 Å². The van der Waals surface area contributed by atoms with Crippen molar-refractivity contribution in [3.8, 4) is 11.3 Å². The van der Waals surface area contributed by atoms with E-state index < -0.39 is 6.09 Å². The van der Waals surface area contributed by atoms with E-state index >= 15 is 0 Å². The number of carboxylic acid groups (broad SMARTS) is 1. The van der Waals surface area contributed by atoms with Crippen LogP contribution in [0, 0.1) is 13.8 Å². The summed E-state index contributed by atoms with van der Waals surface area (Å²) in [6.07, 6.45) is -0.819. The van der Waals surface area contributed by atoms with E-state index in [-0.39, 0.29) is 0 Å². The molecule has 5 nitrogen and oxygen atoms in total. The molecule has 24 heavy (non-hydrogen) atoms. The number of piperazine rings is 1. The first-order valence-electron chi connectivity index (χ1n) is 8.27. The number of pyridine rings is 1. The summed E-state index contributed by atoms with van der Waals surface area (Å²) in [5.74, 6) is 0. The first-order valence-corrected chi connectivity index (χ1v) is 8.27. The minimum Gasteiger partial charge on any atom is -0.465 e. The maximum atomic E-state index is 11.0. The first-order chi connectivity index (χ1) is 11.5. The molecule has 1 amide bonds. The molecule has 0 aliphatic carbocycles. The Bertz CT molecular complexity index is 737. The molecule has 0 spiro atoms. The Morgan fingerprint density at radius 1 is 1.12 bits per heavy atom. The molecule has 1 N–H and O–H groups in total. The molecule has 1 aliphatic heterocycles. The number of nitrogens with zero attached hydrogens (tertiary/aromatic N) is 3. The Morgan fingerprint density at radius 3 is 2.50 bits per heavy atom. The molecule has 2 aromatic rings. The van der Waals surface area contributed by atoms with Gasteiger partial charge in [-0.2, -0.15) is 0 Å². The van der Waals surface area contributed by atoms with Crippen LogP contribution in [0.3, 0.4) is 0 Å². The highest BCUT2D eigenvalue weighted by Crippen LogP contribution is 2.22. The molecule has 0 atom stereocenters. The van der Waals surface area contributed by atoms with E-state index in [0.29, 0.717) is 13.1 Å². The third-order valence-corrected chi connectivity index (χ3v) is 4.56. The SMILES string of the molecule is Cc1cccc(-c2ccc(CN3CCN(C(=O)O)CC3)c(C)c2)n1. The number of amides is 1. The Balaban J connectivity index is 1.69. The van der Waals surface area contributed by atoms with Gasteiger partial charge in [0.2, 0.25) is 0 Å². The highest BCUT2D eigenvalue weighted by molar-refractivity contribution is 5.65. The lowest BCUT2D eigenvalue weighted by Crippen LogP contribution is -2.47. The predicted molar refractivity (Wildman–Crippen MR) is 94.0 cm³/mol. The van der Waals surface area contributed by atoms with Gasteiger partial charge in [-0.15, -0.1) is 0 Å². The van der Waals surface area contributed by atoms with Crippen molar-refractivity contribution in [3.63, 3.8) is 0 Å². The summed E-state index contributed by atoms with van der Waals surface area (Å²) in [5.41, 5.74) is 5.69. The Hall–Kier alpha value is -2.40. The first kappa shape index (κ1) is 16.5. The highest BCUT2D eigenvalue weighted by atomic mass is 16.4. The fourth-order valence-corrected chi connectivity index (χ4v) is 3.07.